The highest BCUT2D eigenvalue weighted by atomic mass is 19.4. The fraction of sp³-hybridized carbons (Fsp3) is 0.400. The minimum absolute atomic E-state index is 0.0623. The summed E-state index contributed by atoms with van der Waals surface area (Å²) in [6, 6.07) is 4.36. The molecule has 0 saturated carbocycles. The van der Waals surface area contributed by atoms with Crippen molar-refractivity contribution >= 4 is 11.8 Å². The van der Waals surface area contributed by atoms with Crippen LogP contribution in [-0.2, 0) is 10.3 Å². The fourth-order valence-electron chi connectivity index (χ4n) is 2.01. The van der Waals surface area contributed by atoms with E-state index in [9.17, 15) is 18.0 Å². The number of carbonyl (C=O) groups excluding carboxylic acids is 1. The third-order valence-electron chi connectivity index (χ3n) is 2.97. The largest absolute Gasteiger partial charge is 0.445 e. The Kier molecular flexibility index (Phi) is 3.62. The summed E-state index contributed by atoms with van der Waals surface area (Å²) in [6.45, 7) is 4.99. The predicted octanol–water partition coefficient (Wildman–Crippen LogP) is 3.97. The predicted molar refractivity (Wildman–Crippen MR) is 71.6 cm³/mol. The summed E-state index contributed by atoms with van der Waals surface area (Å²) in [6.07, 6.45) is -6.00. The second kappa shape index (κ2) is 4.99. The Morgan fingerprint density at radius 1 is 1.33 bits per heavy atom. The third-order valence-corrected chi connectivity index (χ3v) is 2.97. The molecule has 1 aromatic carbocycles. The van der Waals surface area contributed by atoms with Crippen molar-refractivity contribution in [3.8, 4) is 11.8 Å². The lowest BCUT2D eigenvalue weighted by atomic mass is 9.89. The molecule has 1 atom stereocenters. The van der Waals surface area contributed by atoms with Gasteiger partial charge in [0.1, 0.15) is 0 Å². The molecule has 6 heteroatoms. The normalized spacial score (nSPS) is 21.0. The van der Waals surface area contributed by atoms with Crippen molar-refractivity contribution in [3.63, 3.8) is 0 Å². The van der Waals surface area contributed by atoms with Gasteiger partial charge in [-0.2, -0.15) is 13.2 Å². The Labute approximate surface area is 120 Å². The van der Waals surface area contributed by atoms with Crippen LogP contribution in [0.2, 0.25) is 0 Å². The molecule has 1 aliphatic rings. The van der Waals surface area contributed by atoms with E-state index in [2.05, 4.69) is 21.9 Å². The van der Waals surface area contributed by atoms with E-state index in [-0.39, 0.29) is 17.2 Å². The van der Waals surface area contributed by atoms with Gasteiger partial charge in [0, 0.05) is 11.5 Å². The van der Waals surface area contributed by atoms with Crippen LogP contribution in [0.15, 0.2) is 18.2 Å². The SMILES string of the molecule is Cc1ccc2c(c1)C(C#CC(C)C)(C(F)(F)F)OC(=O)N2. The van der Waals surface area contributed by atoms with Crippen LogP contribution in [0.5, 0.6) is 0 Å². The highest BCUT2D eigenvalue weighted by Gasteiger charge is 2.61. The summed E-state index contributed by atoms with van der Waals surface area (Å²) < 4.78 is 45.5. The van der Waals surface area contributed by atoms with Crippen molar-refractivity contribution < 1.29 is 22.7 Å². The number of benzene rings is 1. The quantitative estimate of drug-likeness (QED) is 0.736. The zero-order chi connectivity index (χ0) is 15.8. The van der Waals surface area contributed by atoms with Gasteiger partial charge in [0.05, 0.1) is 5.69 Å². The maximum Gasteiger partial charge on any atom is 0.445 e. The number of amides is 1. The number of rotatable bonds is 0. The molecule has 0 saturated heterocycles. The molecule has 2 rings (SSSR count). The molecule has 0 fully saturated rings. The van der Waals surface area contributed by atoms with E-state index in [4.69, 9.17) is 0 Å². The van der Waals surface area contributed by atoms with E-state index in [0.29, 0.717) is 5.56 Å². The number of anilines is 1. The summed E-state index contributed by atoms with van der Waals surface area (Å²) in [5, 5.41) is 2.27. The Balaban J connectivity index is 2.75. The van der Waals surface area contributed by atoms with Crippen molar-refractivity contribution in [2.24, 2.45) is 5.92 Å². The Morgan fingerprint density at radius 2 is 2.00 bits per heavy atom. The first-order chi connectivity index (χ1) is 9.65. The lowest BCUT2D eigenvalue weighted by Crippen LogP contribution is -2.49. The molecule has 0 spiro atoms. The third kappa shape index (κ3) is 2.68. The first-order valence-electron chi connectivity index (χ1n) is 6.36. The van der Waals surface area contributed by atoms with Gasteiger partial charge in [0.15, 0.2) is 0 Å². The Bertz CT molecular complexity index is 641. The summed E-state index contributed by atoms with van der Waals surface area (Å²) in [5.74, 6) is 4.31. The number of halogens is 3. The van der Waals surface area contributed by atoms with Crippen LogP contribution < -0.4 is 5.32 Å². The molecule has 1 amide bonds. The molecule has 1 unspecified atom stereocenters. The zero-order valence-corrected chi connectivity index (χ0v) is 11.8. The van der Waals surface area contributed by atoms with Gasteiger partial charge in [0.25, 0.3) is 5.60 Å². The summed E-state index contributed by atoms with van der Waals surface area (Å²) in [5.41, 5.74) is -2.44. The molecule has 1 heterocycles. The number of alkyl halides is 3. The molecule has 3 nitrogen and oxygen atoms in total. The van der Waals surface area contributed by atoms with Crippen LogP contribution in [0.4, 0.5) is 23.7 Å². The minimum atomic E-state index is -4.84. The number of hydrogen-bond donors (Lipinski definition) is 1. The van der Waals surface area contributed by atoms with Gasteiger partial charge in [-0.1, -0.05) is 31.4 Å². The van der Waals surface area contributed by atoms with Crippen molar-refractivity contribution in [1.82, 2.24) is 0 Å². The number of cyclic esters (lactones) is 1. The van der Waals surface area contributed by atoms with Gasteiger partial charge in [-0.3, -0.25) is 5.32 Å². The molecule has 1 N–H and O–H groups in total. The number of ether oxygens (including phenoxy) is 1. The standard InChI is InChI=1S/C15H14F3NO2/c1-9(2)6-7-14(15(16,17)18)11-8-10(3)4-5-12(11)19-13(20)21-14/h4-5,8-9H,1-3H3,(H,19,20). The monoisotopic (exact) mass is 297 g/mol. The van der Waals surface area contributed by atoms with Gasteiger partial charge in [-0.15, -0.1) is 0 Å². The summed E-state index contributed by atoms with van der Waals surface area (Å²) >= 11 is 0. The number of nitrogens with one attached hydrogen (secondary N) is 1. The van der Waals surface area contributed by atoms with Crippen LogP contribution in [-0.4, -0.2) is 12.3 Å². The van der Waals surface area contributed by atoms with Gasteiger partial charge in [-0.05, 0) is 25.0 Å². The van der Waals surface area contributed by atoms with Crippen molar-refractivity contribution in [2.75, 3.05) is 5.32 Å². The highest BCUT2D eigenvalue weighted by Crippen LogP contribution is 2.47. The summed E-state index contributed by atoms with van der Waals surface area (Å²) in [4.78, 5) is 11.5. The number of hydrogen-bond acceptors (Lipinski definition) is 2. The molecule has 0 aromatic heterocycles. The molecule has 0 radical (unpaired) electrons. The lowest BCUT2D eigenvalue weighted by Gasteiger charge is -2.36. The first-order valence-corrected chi connectivity index (χ1v) is 6.36. The van der Waals surface area contributed by atoms with E-state index >= 15 is 0 Å². The smallest absolute Gasteiger partial charge is 0.415 e. The number of fused-ring (bicyclic) bond motifs is 1. The van der Waals surface area contributed by atoms with Crippen molar-refractivity contribution in [3.05, 3.63) is 29.3 Å². The highest BCUT2D eigenvalue weighted by molar-refractivity contribution is 5.89. The molecule has 1 aliphatic heterocycles. The zero-order valence-electron chi connectivity index (χ0n) is 11.8. The van der Waals surface area contributed by atoms with Crippen molar-refractivity contribution in [1.29, 1.82) is 0 Å². The molecule has 0 aliphatic carbocycles. The molecule has 21 heavy (non-hydrogen) atoms. The van der Waals surface area contributed by atoms with E-state index in [1.165, 1.54) is 12.1 Å². The van der Waals surface area contributed by atoms with Gasteiger partial charge >= 0.3 is 12.3 Å². The molecular weight excluding hydrogens is 283 g/mol. The minimum Gasteiger partial charge on any atom is -0.415 e. The second-order valence-electron chi connectivity index (χ2n) is 5.17. The van der Waals surface area contributed by atoms with Gasteiger partial charge in [0.2, 0.25) is 0 Å². The number of aryl methyl sites for hydroxylation is 1. The Morgan fingerprint density at radius 3 is 2.57 bits per heavy atom. The van der Waals surface area contributed by atoms with Crippen LogP contribution in [0, 0.1) is 24.7 Å². The van der Waals surface area contributed by atoms with E-state index < -0.39 is 17.9 Å². The Hall–Kier alpha value is -2.16. The number of carbonyl (C=O) groups is 1. The maximum atomic E-state index is 13.6. The summed E-state index contributed by atoms with van der Waals surface area (Å²) in [7, 11) is 0. The molecule has 0 bridgehead atoms. The topological polar surface area (TPSA) is 38.3 Å². The van der Waals surface area contributed by atoms with Crippen LogP contribution >= 0.6 is 0 Å². The lowest BCUT2D eigenvalue weighted by molar-refractivity contribution is -0.239. The first kappa shape index (κ1) is 15.2. The molecule has 112 valence electrons. The second-order valence-corrected chi connectivity index (χ2v) is 5.17. The molecular formula is C15H14F3NO2. The van der Waals surface area contributed by atoms with Crippen LogP contribution in [0.25, 0.3) is 0 Å². The van der Waals surface area contributed by atoms with Crippen LogP contribution in [0.1, 0.15) is 25.0 Å². The average Bonchev–Trinajstić information content (AvgIpc) is 2.35. The van der Waals surface area contributed by atoms with Gasteiger partial charge < -0.3 is 4.74 Å². The van der Waals surface area contributed by atoms with E-state index in [1.54, 1.807) is 26.8 Å². The van der Waals surface area contributed by atoms with Crippen molar-refractivity contribution in [2.45, 2.75) is 32.5 Å². The molecule has 1 aromatic rings. The average molecular weight is 297 g/mol. The van der Waals surface area contributed by atoms with E-state index in [1.807, 2.05) is 0 Å². The van der Waals surface area contributed by atoms with Gasteiger partial charge in [-0.25, -0.2) is 4.79 Å². The van der Waals surface area contributed by atoms with E-state index in [0.717, 1.165) is 0 Å². The maximum absolute atomic E-state index is 13.6. The van der Waals surface area contributed by atoms with Crippen LogP contribution in [0.3, 0.4) is 0 Å². The fourth-order valence-corrected chi connectivity index (χ4v) is 2.01.